The number of nitrogens with one attached hydrogen (secondary N) is 2. The molecule has 0 radical (unpaired) electrons. The average molecular weight is 306 g/mol. The van der Waals surface area contributed by atoms with Gasteiger partial charge in [0.15, 0.2) is 5.82 Å². The van der Waals surface area contributed by atoms with Gasteiger partial charge in [0.1, 0.15) is 11.3 Å². The fraction of sp³-hybridized carbons (Fsp3) is 0.467. The summed E-state index contributed by atoms with van der Waals surface area (Å²) in [4.78, 5) is 16.2. The van der Waals surface area contributed by atoms with Crippen LogP contribution in [0.1, 0.15) is 12.2 Å². The van der Waals surface area contributed by atoms with E-state index < -0.39 is 6.10 Å². The topological polar surface area (TPSA) is 79.2 Å². The lowest BCUT2D eigenvalue weighted by atomic mass is 10.2. The molecule has 1 fully saturated rings. The van der Waals surface area contributed by atoms with E-state index in [9.17, 15) is 14.3 Å². The number of hydrogen-bond acceptors (Lipinski definition) is 4. The number of fused-ring (bicyclic) bond motifs is 1. The van der Waals surface area contributed by atoms with E-state index >= 15 is 0 Å². The summed E-state index contributed by atoms with van der Waals surface area (Å²) < 4.78 is 15.5. The van der Waals surface area contributed by atoms with Crippen molar-refractivity contribution in [3.8, 4) is 0 Å². The third-order valence-electron chi connectivity index (χ3n) is 4.03. The van der Waals surface area contributed by atoms with Gasteiger partial charge < -0.3 is 20.3 Å². The summed E-state index contributed by atoms with van der Waals surface area (Å²) >= 11 is 0. The van der Waals surface area contributed by atoms with Crippen molar-refractivity contribution in [1.29, 1.82) is 0 Å². The number of benzene rings is 1. The fourth-order valence-corrected chi connectivity index (χ4v) is 2.79. The smallest absolute Gasteiger partial charge is 0.237 e. The standard InChI is InChI=1S/C15H19FN4O2/c1-20-12-4-2-3-10(16)14(12)19-13(20)5-6-17-15(22)11-7-9(21)8-18-11/h2-4,9,11,18,21H,5-8H2,1H3,(H,17,22)/t9-,11+/m0/s1. The molecule has 0 unspecified atom stereocenters. The van der Waals surface area contributed by atoms with Crippen LogP contribution in [0.2, 0.25) is 0 Å². The summed E-state index contributed by atoms with van der Waals surface area (Å²) in [5, 5.41) is 15.2. The molecular weight excluding hydrogens is 287 g/mol. The molecular formula is C15H19FN4O2. The highest BCUT2D eigenvalue weighted by Gasteiger charge is 2.27. The first-order valence-corrected chi connectivity index (χ1v) is 7.35. The minimum atomic E-state index is -0.460. The maximum Gasteiger partial charge on any atom is 0.237 e. The van der Waals surface area contributed by atoms with Gasteiger partial charge in [-0.3, -0.25) is 4.79 Å². The van der Waals surface area contributed by atoms with Crippen molar-refractivity contribution in [3.63, 3.8) is 0 Å². The number of β-amino-alcohol motifs (C(OH)–C–C–N with tert-alkyl or cyclic N) is 1. The van der Waals surface area contributed by atoms with E-state index in [-0.39, 0.29) is 17.8 Å². The number of aromatic nitrogens is 2. The van der Waals surface area contributed by atoms with E-state index in [0.717, 1.165) is 11.3 Å². The van der Waals surface area contributed by atoms with Crippen molar-refractivity contribution in [3.05, 3.63) is 29.8 Å². The average Bonchev–Trinajstić information content (AvgIpc) is 3.06. The number of carbonyl (C=O) groups is 1. The minimum Gasteiger partial charge on any atom is -0.392 e. The number of carbonyl (C=O) groups excluding carboxylic acids is 1. The number of halogens is 1. The summed E-state index contributed by atoms with van der Waals surface area (Å²) in [6.45, 7) is 0.869. The number of rotatable bonds is 4. The van der Waals surface area contributed by atoms with Crippen LogP contribution in [0.15, 0.2) is 18.2 Å². The lowest BCUT2D eigenvalue weighted by Crippen LogP contribution is -2.41. The second-order valence-electron chi connectivity index (χ2n) is 5.59. The molecule has 2 aromatic rings. The Kier molecular flexibility index (Phi) is 4.08. The Labute approximate surface area is 127 Å². The molecule has 0 bridgehead atoms. The van der Waals surface area contributed by atoms with Crippen LogP contribution in [0.25, 0.3) is 11.0 Å². The summed E-state index contributed by atoms with van der Waals surface area (Å²) in [7, 11) is 1.83. The van der Waals surface area contributed by atoms with Gasteiger partial charge in [0, 0.05) is 26.6 Å². The van der Waals surface area contributed by atoms with Crippen molar-refractivity contribution < 1.29 is 14.3 Å². The molecule has 0 saturated carbocycles. The summed E-state index contributed by atoms with van der Waals surface area (Å²) in [5.74, 6) is 0.258. The largest absolute Gasteiger partial charge is 0.392 e. The van der Waals surface area contributed by atoms with Gasteiger partial charge in [0.25, 0.3) is 0 Å². The van der Waals surface area contributed by atoms with Crippen molar-refractivity contribution in [2.75, 3.05) is 13.1 Å². The third kappa shape index (κ3) is 2.82. The molecule has 1 aromatic carbocycles. The van der Waals surface area contributed by atoms with Gasteiger partial charge >= 0.3 is 0 Å². The second-order valence-corrected chi connectivity index (χ2v) is 5.59. The molecule has 1 aliphatic heterocycles. The molecule has 1 amide bonds. The predicted molar refractivity (Wildman–Crippen MR) is 79.8 cm³/mol. The summed E-state index contributed by atoms with van der Waals surface area (Å²) in [5.41, 5.74) is 1.09. The second kappa shape index (κ2) is 6.02. The lowest BCUT2D eigenvalue weighted by molar-refractivity contribution is -0.122. The number of para-hydroxylation sites is 1. The van der Waals surface area contributed by atoms with Gasteiger partial charge in [-0.05, 0) is 18.6 Å². The molecule has 1 saturated heterocycles. The SMILES string of the molecule is Cn1c(CCNC(=O)[C@H]2C[C@H](O)CN2)nc2c(F)cccc21. The zero-order valence-electron chi connectivity index (χ0n) is 12.3. The summed E-state index contributed by atoms with van der Waals surface area (Å²) in [6, 6.07) is 4.52. The van der Waals surface area contributed by atoms with Gasteiger partial charge in [0.2, 0.25) is 5.91 Å². The Bertz CT molecular complexity index is 700. The number of aliphatic hydroxyl groups is 1. The van der Waals surface area contributed by atoms with Crippen LogP contribution < -0.4 is 10.6 Å². The number of amides is 1. The van der Waals surface area contributed by atoms with Gasteiger partial charge in [-0.1, -0.05) is 6.07 Å². The highest BCUT2D eigenvalue weighted by molar-refractivity contribution is 5.82. The molecule has 7 heteroatoms. The van der Waals surface area contributed by atoms with Crippen LogP contribution in [0.3, 0.4) is 0 Å². The molecule has 22 heavy (non-hydrogen) atoms. The Morgan fingerprint density at radius 3 is 3.09 bits per heavy atom. The molecule has 3 N–H and O–H groups in total. The quantitative estimate of drug-likeness (QED) is 0.748. The number of aliphatic hydroxyl groups excluding tert-OH is 1. The van der Waals surface area contributed by atoms with Crippen LogP contribution in [0, 0.1) is 5.82 Å². The normalized spacial score (nSPS) is 21.4. The Balaban J connectivity index is 1.61. The number of imidazole rings is 1. The molecule has 6 nitrogen and oxygen atoms in total. The Hall–Kier alpha value is -1.99. The maximum absolute atomic E-state index is 13.7. The molecule has 1 aliphatic rings. The van der Waals surface area contributed by atoms with E-state index in [1.54, 1.807) is 6.07 Å². The zero-order chi connectivity index (χ0) is 15.7. The van der Waals surface area contributed by atoms with Gasteiger partial charge in [-0.25, -0.2) is 9.37 Å². The van der Waals surface area contributed by atoms with E-state index in [2.05, 4.69) is 15.6 Å². The van der Waals surface area contributed by atoms with E-state index in [0.29, 0.717) is 31.4 Å². The predicted octanol–water partition coefficient (Wildman–Crippen LogP) is 0.0939. The number of aryl methyl sites for hydroxylation is 1. The van der Waals surface area contributed by atoms with Gasteiger partial charge in [-0.2, -0.15) is 0 Å². The van der Waals surface area contributed by atoms with E-state index in [4.69, 9.17) is 0 Å². The van der Waals surface area contributed by atoms with E-state index in [1.807, 2.05) is 17.7 Å². The maximum atomic E-state index is 13.7. The lowest BCUT2D eigenvalue weighted by Gasteiger charge is -2.10. The van der Waals surface area contributed by atoms with Crippen LogP contribution >= 0.6 is 0 Å². The molecule has 0 spiro atoms. The summed E-state index contributed by atoms with van der Waals surface area (Å²) in [6.07, 6.45) is 0.494. The van der Waals surface area contributed by atoms with Crippen molar-refractivity contribution >= 4 is 16.9 Å². The number of nitrogens with zero attached hydrogens (tertiary/aromatic N) is 2. The minimum absolute atomic E-state index is 0.124. The van der Waals surface area contributed by atoms with Crippen molar-refractivity contribution in [1.82, 2.24) is 20.2 Å². The first kappa shape index (κ1) is 14.9. The third-order valence-corrected chi connectivity index (χ3v) is 4.03. The Morgan fingerprint density at radius 2 is 2.41 bits per heavy atom. The first-order valence-electron chi connectivity index (χ1n) is 7.35. The van der Waals surface area contributed by atoms with Crippen LogP contribution in [0.4, 0.5) is 4.39 Å². The Morgan fingerprint density at radius 1 is 1.59 bits per heavy atom. The van der Waals surface area contributed by atoms with Gasteiger partial charge in [-0.15, -0.1) is 0 Å². The van der Waals surface area contributed by atoms with Crippen molar-refractivity contribution in [2.45, 2.75) is 25.0 Å². The molecule has 0 aliphatic carbocycles. The van der Waals surface area contributed by atoms with E-state index in [1.165, 1.54) is 6.07 Å². The molecule has 2 heterocycles. The van der Waals surface area contributed by atoms with Gasteiger partial charge in [0.05, 0.1) is 17.7 Å². The van der Waals surface area contributed by atoms with Crippen molar-refractivity contribution in [2.24, 2.45) is 7.05 Å². The highest BCUT2D eigenvalue weighted by atomic mass is 19.1. The van der Waals surface area contributed by atoms with Crippen LogP contribution in [-0.2, 0) is 18.3 Å². The number of hydrogen-bond donors (Lipinski definition) is 3. The molecule has 2 atom stereocenters. The fourth-order valence-electron chi connectivity index (χ4n) is 2.79. The molecule has 118 valence electrons. The monoisotopic (exact) mass is 306 g/mol. The molecule has 1 aromatic heterocycles. The zero-order valence-corrected chi connectivity index (χ0v) is 12.3. The molecule has 3 rings (SSSR count). The van der Waals surface area contributed by atoms with Crippen LogP contribution in [-0.4, -0.2) is 45.8 Å². The van der Waals surface area contributed by atoms with Crippen LogP contribution in [0.5, 0.6) is 0 Å². The first-order chi connectivity index (χ1) is 10.6. The highest BCUT2D eigenvalue weighted by Crippen LogP contribution is 2.18.